The van der Waals surface area contributed by atoms with Gasteiger partial charge in [0.05, 0.1) is 11.4 Å². The molecule has 3 nitrogen and oxygen atoms in total. The number of aryl methyl sites for hydroxylation is 1. The van der Waals surface area contributed by atoms with E-state index in [9.17, 15) is 4.91 Å². The minimum Gasteiger partial charge on any atom is -0.352 e. The number of aromatic amines is 1. The third-order valence-electron chi connectivity index (χ3n) is 4.53. The van der Waals surface area contributed by atoms with E-state index in [0.29, 0.717) is 5.69 Å². The normalized spacial score (nSPS) is 10.7. The van der Waals surface area contributed by atoms with Gasteiger partial charge >= 0.3 is 0 Å². The molecule has 3 heteroatoms. The molecule has 1 aromatic heterocycles. The van der Waals surface area contributed by atoms with E-state index in [1.54, 1.807) is 0 Å². The Morgan fingerprint density at radius 1 is 0.654 bits per heavy atom. The van der Waals surface area contributed by atoms with Gasteiger partial charge in [0.15, 0.2) is 0 Å². The molecule has 0 amide bonds. The molecule has 1 heterocycles. The molecule has 0 aliphatic heterocycles. The van der Waals surface area contributed by atoms with Crippen molar-refractivity contribution in [2.45, 2.75) is 6.92 Å². The van der Waals surface area contributed by atoms with Gasteiger partial charge in [0.2, 0.25) is 0 Å². The highest BCUT2D eigenvalue weighted by Gasteiger charge is 2.21. The number of benzene rings is 3. The van der Waals surface area contributed by atoms with Crippen LogP contribution in [0.4, 0.5) is 5.69 Å². The second-order valence-electron chi connectivity index (χ2n) is 6.29. The molecular formula is C23H18N2O. The van der Waals surface area contributed by atoms with Crippen molar-refractivity contribution in [2.24, 2.45) is 5.18 Å². The van der Waals surface area contributed by atoms with Crippen molar-refractivity contribution >= 4 is 5.69 Å². The summed E-state index contributed by atoms with van der Waals surface area (Å²) in [6.45, 7) is 2.04. The predicted octanol–water partition coefficient (Wildman–Crippen LogP) is 6.72. The minimum atomic E-state index is 0.443. The standard InChI is InChI=1S/C23H18N2O/c1-16-12-14-19(15-13-16)22-23(25-26)20(17-8-4-2-5-9-17)21(24-22)18-10-6-3-7-11-18/h2-15,24H,1H3. The molecule has 0 fully saturated rings. The van der Waals surface area contributed by atoms with Crippen LogP contribution >= 0.6 is 0 Å². The quantitative estimate of drug-likeness (QED) is 0.412. The molecule has 0 bridgehead atoms. The van der Waals surface area contributed by atoms with E-state index in [-0.39, 0.29) is 0 Å². The van der Waals surface area contributed by atoms with Gasteiger partial charge < -0.3 is 4.98 Å². The zero-order valence-electron chi connectivity index (χ0n) is 14.4. The summed E-state index contributed by atoms with van der Waals surface area (Å²) >= 11 is 0. The Balaban J connectivity index is 2.01. The van der Waals surface area contributed by atoms with Gasteiger partial charge in [-0.25, -0.2) is 0 Å². The number of hydrogen-bond acceptors (Lipinski definition) is 2. The fourth-order valence-corrected chi connectivity index (χ4v) is 3.22. The lowest BCUT2D eigenvalue weighted by atomic mass is 9.99. The average molecular weight is 338 g/mol. The van der Waals surface area contributed by atoms with E-state index < -0.39 is 0 Å². The molecule has 0 atom stereocenters. The van der Waals surface area contributed by atoms with Crippen LogP contribution in [-0.4, -0.2) is 4.98 Å². The van der Waals surface area contributed by atoms with Gasteiger partial charge in [-0.1, -0.05) is 90.5 Å². The Labute approximate surface area is 152 Å². The van der Waals surface area contributed by atoms with Crippen LogP contribution in [0.3, 0.4) is 0 Å². The average Bonchev–Trinajstić information content (AvgIpc) is 3.09. The van der Waals surface area contributed by atoms with Crippen LogP contribution in [-0.2, 0) is 0 Å². The first kappa shape index (κ1) is 16.0. The summed E-state index contributed by atoms with van der Waals surface area (Å²) in [4.78, 5) is 15.3. The van der Waals surface area contributed by atoms with Crippen LogP contribution in [0.2, 0.25) is 0 Å². The molecule has 0 radical (unpaired) electrons. The molecular weight excluding hydrogens is 320 g/mol. The summed E-state index contributed by atoms with van der Waals surface area (Å²) in [5, 5.41) is 3.41. The number of nitrogens with one attached hydrogen (secondary N) is 1. The maximum atomic E-state index is 11.8. The van der Waals surface area contributed by atoms with Crippen molar-refractivity contribution in [3.8, 4) is 33.6 Å². The van der Waals surface area contributed by atoms with E-state index in [2.05, 4.69) is 10.2 Å². The Morgan fingerprint density at radius 2 is 1.19 bits per heavy atom. The van der Waals surface area contributed by atoms with E-state index in [0.717, 1.165) is 33.6 Å². The van der Waals surface area contributed by atoms with Crippen molar-refractivity contribution in [3.05, 3.63) is 95.4 Å². The zero-order valence-corrected chi connectivity index (χ0v) is 14.4. The lowest BCUT2D eigenvalue weighted by Gasteiger charge is -2.05. The minimum absolute atomic E-state index is 0.443. The lowest BCUT2D eigenvalue weighted by molar-refractivity contribution is 1.37. The second-order valence-corrected chi connectivity index (χ2v) is 6.29. The first-order chi connectivity index (χ1) is 12.8. The molecule has 0 aliphatic carbocycles. The van der Waals surface area contributed by atoms with Gasteiger partial charge in [-0.05, 0) is 23.2 Å². The largest absolute Gasteiger partial charge is 0.352 e. The van der Waals surface area contributed by atoms with Crippen LogP contribution in [0.1, 0.15) is 5.56 Å². The molecule has 126 valence electrons. The van der Waals surface area contributed by atoms with Crippen molar-refractivity contribution in [3.63, 3.8) is 0 Å². The van der Waals surface area contributed by atoms with E-state index in [4.69, 9.17) is 0 Å². The van der Waals surface area contributed by atoms with E-state index in [1.165, 1.54) is 5.56 Å². The summed E-state index contributed by atoms with van der Waals surface area (Å²) < 4.78 is 0. The third-order valence-corrected chi connectivity index (χ3v) is 4.53. The Hall–Kier alpha value is -3.46. The van der Waals surface area contributed by atoms with Crippen LogP contribution in [0.25, 0.3) is 33.6 Å². The fourth-order valence-electron chi connectivity index (χ4n) is 3.22. The van der Waals surface area contributed by atoms with Crippen molar-refractivity contribution in [1.29, 1.82) is 0 Å². The van der Waals surface area contributed by atoms with Gasteiger partial charge in [-0.3, -0.25) is 0 Å². The maximum Gasteiger partial charge on any atom is 0.141 e. The van der Waals surface area contributed by atoms with Gasteiger partial charge in [-0.2, -0.15) is 0 Å². The monoisotopic (exact) mass is 338 g/mol. The molecule has 0 saturated carbocycles. The van der Waals surface area contributed by atoms with Crippen molar-refractivity contribution in [1.82, 2.24) is 4.98 Å². The number of nitroso groups, excluding NO2 is 1. The molecule has 1 N–H and O–H groups in total. The highest BCUT2D eigenvalue weighted by Crippen LogP contribution is 2.45. The smallest absolute Gasteiger partial charge is 0.141 e. The molecule has 26 heavy (non-hydrogen) atoms. The van der Waals surface area contributed by atoms with E-state index in [1.807, 2.05) is 91.9 Å². The summed E-state index contributed by atoms with van der Waals surface area (Å²) in [5.41, 5.74) is 7.04. The van der Waals surface area contributed by atoms with Gasteiger partial charge in [0.25, 0.3) is 0 Å². The van der Waals surface area contributed by atoms with Crippen molar-refractivity contribution in [2.75, 3.05) is 0 Å². The molecule has 3 aromatic carbocycles. The first-order valence-corrected chi connectivity index (χ1v) is 8.55. The van der Waals surface area contributed by atoms with Gasteiger partial charge in [0, 0.05) is 11.1 Å². The Kier molecular flexibility index (Phi) is 4.20. The third kappa shape index (κ3) is 2.84. The van der Waals surface area contributed by atoms with Crippen LogP contribution in [0.15, 0.2) is 90.1 Å². The maximum absolute atomic E-state index is 11.8. The highest BCUT2D eigenvalue weighted by molar-refractivity contribution is 5.97. The van der Waals surface area contributed by atoms with Crippen LogP contribution in [0.5, 0.6) is 0 Å². The van der Waals surface area contributed by atoms with Crippen LogP contribution < -0.4 is 0 Å². The highest BCUT2D eigenvalue weighted by atomic mass is 16.3. The molecule has 0 unspecified atom stereocenters. The van der Waals surface area contributed by atoms with Crippen LogP contribution in [0, 0.1) is 11.8 Å². The summed E-state index contributed by atoms with van der Waals surface area (Å²) in [5.74, 6) is 0. The molecule has 0 aliphatic rings. The summed E-state index contributed by atoms with van der Waals surface area (Å²) in [6, 6.07) is 28.0. The number of nitrogens with zero attached hydrogens (tertiary/aromatic N) is 1. The molecule has 4 rings (SSSR count). The number of rotatable bonds is 4. The topological polar surface area (TPSA) is 45.2 Å². The summed E-state index contributed by atoms with van der Waals surface area (Å²) in [7, 11) is 0. The molecule has 0 spiro atoms. The summed E-state index contributed by atoms with van der Waals surface area (Å²) in [6.07, 6.45) is 0. The second kappa shape index (κ2) is 6.81. The van der Waals surface area contributed by atoms with E-state index >= 15 is 0 Å². The number of aromatic nitrogens is 1. The SMILES string of the molecule is Cc1ccc(-c2[nH]c(-c3ccccc3)c(-c3ccccc3)c2N=O)cc1. The first-order valence-electron chi connectivity index (χ1n) is 8.55. The molecule has 0 saturated heterocycles. The van der Waals surface area contributed by atoms with Crippen molar-refractivity contribution < 1.29 is 0 Å². The fraction of sp³-hybridized carbons (Fsp3) is 0.0435. The lowest BCUT2D eigenvalue weighted by Crippen LogP contribution is -1.82. The predicted molar refractivity (Wildman–Crippen MR) is 107 cm³/mol. The van der Waals surface area contributed by atoms with Gasteiger partial charge in [-0.15, -0.1) is 4.91 Å². The number of hydrogen-bond donors (Lipinski definition) is 1. The Bertz CT molecular complexity index is 1030. The number of H-pyrrole nitrogens is 1. The Morgan fingerprint density at radius 3 is 1.77 bits per heavy atom. The molecule has 4 aromatic rings. The zero-order chi connectivity index (χ0) is 17.9. The van der Waals surface area contributed by atoms with Gasteiger partial charge in [0.1, 0.15) is 5.69 Å².